The fourth-order valence-electron chi connectivity index (χ4n) is 1.52. The number of Topliss-reactive ketones (excluding diaryl/α,β-unsaturated/α-hetero) is 1. The topological polar surface area (TPSA) is 56.2 Å². The number of nitrogens with two attached hydrogens (primary N) is 1. The van der Waals surface area contributed by atoms with E-state index >= 15 is 0 Å². The molecular weight excluding hydrogens is 197 g/mol. The standard InChI is InChI=1S/C11H10FNO2/c12-8-2-1-7-4-6-15-11(7)10(8)9(14)3-5-13/h1-2,4,6H,3,5,13H2. The Hall–Kier alpha value is -1.68. The summed E-state index contributed by atoms with van der Waals surface area (Å²) in [5.41, 5.74) is 5.56. The number of halogens is 1. The van der Waals surface area contributed by atoms with E-state index in [0.717, 1.165) is 5.39 Å². The Balaban J connectivity index is 2.61. The predicted molar refractivity (Wildman–Crippen MR) is 54.2 cm³/mol. The average Bonchev–Trinajstić information content (AvgIpc) is 2.65. The summed E-state index contributed by atoms with van der Waals surface area (Å²) in [5.74, 6) is -0.883. The molecule has 0 fully saturated rings. The Bertz CT molecular complexity index is 504. The second-order valence-electron chi connectivity index (χ2n) is 3.22. The first-order chi connectivity index (χ1) is 7.24. The molecule has 0 aliphatic rings. The molecule has 0 radical (unpaired) electrons. The van der Waals surface area contributed by atoms with Gasteiger partial charge in [0.1, 0.15) is 11.4 Å². The lowest BCUT2D eigenvalue weighted by atomic mass is 10.1. The van der Waals surface area contributed by atoms with Crippen LogP contribution in [0.5, 0.6) is 0 Å². The van der Waals surface area contributed by atoms with E-state index in [1.54, 1.807) is 12.1 Å². The molecule has 1 aromatic heterocycles. The van der Waals surface area contributed by atoms with Gasteiger partial charge in [-0.1, -0.05) is 0 Å². The normalized spacial score (nSPS) is 10.8. The van der Waals surface area contributed by atoms with Crippen LogP contribution in [0.25, 0.3) is 11.0 Å². The van der Waals surface area contributed by atoms with E-state index < -0.39 is 5.82 Å². The Morgan fingerprint density at radius 1 is 1.40 bits per heavy atom. The number of ketones is 1. The van der Waals surface area contributed by atoms with E-state index in [2.05, 4.69) is 0 Å². The maximum Gasteiger partial charge on any atom is 0.170 e. The summed E-state index contributed by atoms with van der Waals surface area (Å²) < 4.78 is 18.5. The molecule has 0 unspecified atom stereocenters. The van der Waals surface area contributed by atoms with E-state index in [9.17, 15) is 9.18 Å². The molecule has 0 atom stereocenters. The van der Waals surface area contributed by atoms with E-state index in [-0.39, 0.29) is 24.3 Å². The van der Waals surface area contributed by atoms with E-state index in [1.807, 2.05) is 0 Å². The van der Waals surface area contributed by atoms with Gasteiger partial charge in [0.25, 0.3) is 0 Å². The van der Waals surface area contributed by atoms with Gasteiger partial charge in [0.15, 0.2) is 5.78 Å². The Labute approximate surface area is 85.7 Å². The van der Waals surface area contributed by atoms with Crippen molar-refractivity contribution < 1.29 is 13.6 Å². The van der Waals surface area contributed by atoms with Gasteiger partial charge in [0, 0.05) is 11.8 Å². The molecule has 0 spiro atoms. The number of benzene rings is 1. The van der Waals surface area contributed by atoms with Gasteiger partial charge in [-0.2, -0.15) is 0 Å². The smallest absolute Gasteiger partial charge is 0.170 e. The number of rotatable bonds is 3. The molecule has 3 nitrogen and oxygen atoms in total. The van der Waals surface area contributed by atoms with Crippen LogP contribution in [-0.2, 0) is 0 Å². The van der Waals surface area contributed by atoms with Gasteiger partial charge in [0.05, 0.1) is 11.8 Å². The molecule has 0 saturated carbocycles. The number of hydrogen-bond donors (Lipinski definition) is 1. The predicted octanol–water partition coefficient (Wildman–Crippen LogP) is 2.10. The molecule has 0 bridgehead atoms. The molecule has 2 N–H and O–H groups in total. The molecule has 1 aromatic carbocycles. The highest BCUT2D eigenvalue weighted by Gasteiger charge is 2.17. The zero-order chi connectivity index (χ0) is 10.8. The van der Waals surface area contributed by atoms with Gasteiger partial charge in [-0.3, -0.25) is 4.79 Å². The van der Waals surface area contributed by atoms with E-state index in [0.29, 0.717) is 5.58 Å². The van der Waals surface area contributed by atoms with Crippen molar-refractivity contribution in [2.24, 2.45) is 5.73 Å². The van der Waals surface area contributed by atoms with E-state index in [4.69, 9.17) is 10.2 Å². The van der Waals surface area contributed by atoms with Gasteiger partial charge < -0.3 is 10.2 Å². The van der Waals surface area contributed by atoms with E-state index in [1.165, 1.54) is 12.3 Å². The quantitative estimate of drug-likeness (QED) is 0.784. The Morgan fingerprint density at radius 2 is 2.20 bits per heavy atom. The molecule has 0 amide bonds. The lowest BCUT2D eigenvalue weighted by molar-refractivity contribution is 0.0982. The number of hydrogen-bond acceptors (Lipinski definition) is 3. The first kappa shape index (κ1) is 9.86. The molecular formula is C11H10FNO2. The van der Waals surface area contributed by atoms with Gasteiger partial charge >= 0.3 is 0 Å². The van der Waals surface area contributed by atoms with Crippen LogP contribution in [0.15, 0.2) is 28.9 Å². The van der Waals surface area contributed by atoms with Crippen molar-refractivity contribution in [3.05, 3.63) is 35.8 Å². The van der Waals surface area contributed by atoms with Crippen LogP contribution in [0, 0.1) is 5.82 Å². The summed E-state index contributed by atoms with van der Waals surface area (Å²) in [6.07, 6.45) is 1.56. The second-order valence-corrected chi connectivity index (χ2v) is 3.22. The van der Waals surface area contributed by atoms with Crippen molar-refractivity contribution >= 4 is 16.8 Å². The van der Waals surface area contributed by atoms with Gasteiger partial charge in [-0.15, -0.1) is 0 Å². The average molecular weight is 207 g/mol. The maximum atomic E-state index is 13.4. The molecule has 1 heterocycles. The first-order valence-corrected chi connectivity index (χ1v) is 4.63. The van der Waals surface area contributed by atoms with Crippen molar-refractivity contribution in [2.45, 2.75) is 6.42 Å². The summed E-state index contributed by atoms with van der Waals surface area (Å²) in [6, 6.07) is 4.53. The van der Waals surface area contributed by atoms with Crippen LogP contribution in [0.3, 0.4) is 0 Å². The number of fused-ring (bicyclic) bond motifs is 1. The van der Waals surface area contributed by atoms with Crippen LogP contribution in [0.4, 0.5) is 4.39 Å². The second kappa shape index (κ2) is 3.82. The molecule has 2 rings (SSSR count). The van der Waals surface area contributed by atoms with Crippen molar-refractivity contribution in [1.82, 2.24) is 0 Å². The lowest BCUT2D eigenvalue weighted by Crippen LogP contribution is -2.10. The van der Waals surface area contributed by atoms with Crippen molar-refractivity contribution in [3.63, 3.8) is 0 Å². The van der Waals surface area contributed by atoms with Crippen LogP contribution in [0.2, 0.25) is 0 Å². The summed E-state index contributed by atoms with van der Waals surface area (Å²) in [7, 11) is 0. The highest BCUT2D eigenvalue weighted by Crippen LogP contribution is 2.23. The summed E-state index contributed by atoms with van der Waals surface area (Å²) >= 11 is 0. The zero-order valence-corrected chi connectivity index (χ0v) is 8.00. The first-order valence-electron chi connectivity index (χ1n) is 4.63. The van der Waals surface area contributed by atoms with Gasteiger partial charge in [-0.25, -0.2) is 4.39 Å². The fraction of sp³-hybridized carbons (Fsp3) is 0.182. The van der Waals surface area contributed by atoms with Crippen LogP contribution >= 0.6 is 0 Å². The molecule has 0 aliphatic heterocycles. The van der Waals surface area contributed by atoms with Crippen LogP contribution in [-0.4, -0.2) is 12.3 Å². The number of carbonyl (C=O) groups excluding carboxylic acids is 1. The highest BCUT2D eigenvalue weighted by atomic mass is 19.1. The van der Waals surface area contributed by atoms with Crippen molar-refractivity contribution in [1.29, 1.82) is 0 Å². The molecule has 15 heavy (non-hydrogen) atoms. The molecule has 78 valence electrons. The van der Waals surface area contributed by atoms with Gasteiger partial charge in [-0.05, 0) is 24.7 Å². The molecule has 0 aliphatic carbocycles. The monoisotopic (exact) mass is 207 g/mol. The number of carbonyl (C=O) groups is 1. The van der Waals surface area contributed by atoms with Crippen molar-refractivity contribution in [2.75, 3.05) is 6.54 Å². The van der Waals surface area contributed by atoms with Crippen molar-refractivity contribution in [3.8, 4) is 0 Å². The molecule has 2 aromatic rings. The largest absolute Gasteiger partial charge is 0.463 e. The van der Waals surface area contributed by atoms with Crippen LogP contribution < -0.4 is 5.73 Å². The minimum atomic E-state index is -0.559. The zero-order valence-electron chi connectivity index (χ0n) is 8.00. The third-order valence-electron chi connectivity index (χ3n) is 2.22. The molecule has 4 heteroatoms. The summed E-state index contributed by atoms with van der Waals surface area (Å²) in [6.45, 7) is 0.204. The Kier molecular flexibility index (Phi) is 2.51. The maximum absolute atomic E-state index is 13.4. The minimum absolute atomic E-state index is 0.00273. The summed E-state index contributed by atoms with van der Waals surface area (Å²) in [5, 5.41) is 0.719. The third kappa shape index (κ3) is 1.64. The Morgan fingerprint density at radius 3 is 2.93 bits per heavy atom. The number of furan rings is 1. The minimum Gasteiger partial charge on any atom is -0.463 e. The van der Waals surface area contributed by atoms with Crippen LogP contribution in [0.1, 0.15) is 16.8 Å². The highest BCUT2D eigenvalue weighted by molar-refractivity contribution is 6.06. The lowest BCUT2D eigenvalue weighted by Gasteiger charge is -2.01. The fourth-order valence-corrected chi connectivity index (χ4v) is 1.52. The summed E-state index contributed by atoms with van der Waals surface area (Å²) in [4.78, 5) is 11.6. The van der Waals surface area contributed by atoms with Gasteiger partial charge in [0.2, 0.25) is 0 Å². The molecule has 0 saturated heterocycles. The SMILES string of the molecule is NCCC(=O)c1c(F)ccc2ccoc12. The third-order valence-corrected chi connectivity index (χ3v) is 2.22.